The highest BCUT2D eigenvalue weighted by Gasteiger charge is 2.21. The maximum atomic E-state index is 11.7. The minimum atomic E-state index is -0.583. The van der Waals surface area contributed by atoms with E-state index in [1.165, 1.54) is 0 Å². The lowest BCUT2D eigenvalue weighted by Gasteiger charge is -2.17. The molecule has 0 N–H and O–H groups in total. The first kappa shape index (κ1) is 13.8. The van der Waals surface area contributed by atoms with Gasteiger partial charge in [0.05, 0.1) is 11.6 Å². The Morgan fingerprint density at radius 3 is 2.65 bits per heavy atom. The fraction of sp³-hybridized carbons (Fsp3) is 0.462. The summed E-state index contributed by atoms with van der Waals surface area (Å²) in [6.07, 6.45) is 0.873. The molecule has 4 heteroatoms. The molecule has 1 unspecified atom stereocenters. The van der Waals surface area contributed by atoms with E-state index in [9.17, 15) is 4.79 Å². The number of carbonyl (C=O) groups excluding carboxylic acids is 1. The molecule has 94 valence electrons. The Morgan fingerprint density at radius 1 is 1.35 bits per heavy atom. The van der Waals surface area contributed by atoms with E-state index in [1.54, 1.807) is 19.1 Å². The molecule has 0 radical (unpaired) electrons. The van der Waals surface area contributed by atoms with Crippen molar-refractivity contribution in [2.24, 2.45) is 0 Å². The lowest BCUT2D eigenvalue weighted by Crippen LogP contribution is -2.29. The highest BCUT2D eigenvalue weighted by molar-refractivity contribution is 6.32. The SMILES string of the molecule is CCCC(Oc1ccccc1Cl)C(=O)OCC. The topological polar surface area (TPSA) is 35.5 Å². The van der Waals surface area contributed by atoms with Gasteiger partial charge in [-0.25, -0.2) is 4.79 Å². The van der Waals surface area contributed by atoms with Gasteiger partial charge in [0, 0.05) is 0 Å². The van der Waals surface area contributed by atoms with E-state index in [0.717, 1.165) is 6.42 Å². The van der Waals surface area contributed by atoms with Gasteiger partial charge in [0.1, 0.15) is 5.75 Å². The Bertz CT molecular complexity index is 365. The zero-order valence-electron chi connectivity index (χ0n) is 10.1. The Balaban J connectivity index is 2.73. The van der Waals surface area contributed by atoms with Crippen LogP contribution in [-0.4, -0.2) is 18.7 Å². The van der Waals surface area contributed by atoms with Gasteiger partial charge in [-0.3, -0.25) is 0 Å². The van der Waals surface area contributed by atoms with Crippen LogP contribution in [-0.2, 0) is 9.53 Å². The largest absolute Gasteiger partial charge is 0.477 e. The van der Waals surface area contributed by atoms with Gasteiger partial charge >= 0.3 is 5.97 Å². The third-order valence-corrected chi connectivity index (χ3v) is 2.52. The molecule has 0 saturated carbocycles. The average Bonchev–Trinajstić information content (AvgIpc) is 2.31. The molecule has 0 heterocycles. The summed E-state index contributed by atoms with van der Waals surface area (Å²) in [4.78, 5) is 11.7. The van der Waals surface area contributed by atoms with E-state index in [1.807, 2.05) is 19.1 Å². The van der Waals surface area contributed by atoms with Gasteiger partial charge in [-0.15, -0.1) is 0 Å². The van der Waals surface area contributed by atoms with Crippen molar-refractivity contribution in [1.82, 2.24) is 0 Å². The second-order valence-corrected chi connectivity index (χ2v) is 3.98. The lowest BCUT2D eigenvalue weighted by atomic mass is 10.2. The summed E-state index contributed by atoms with van der Waals surface area (Å²) in [5.74, 6) is 0.176. The van der Waals surface area contributed by atoms with E-state index in [-0.39, 0.29) is 5.97 Å². The standard InChI is InChI=1S/C13H17ClO3/c1-3-7-12(13(15)16-4-2)17-11-9-6-5-8-10(11)14/h5-6,8-9,12H,3-4,7H2,1-2H3. The van der Waals surface area contributed by atoms with Crippen LogP contribution in [0.2, 0.25) is 5.02 Å². The van der Waals surface area contributed by atoms with Gasteiger partial charge < -0.3 is 9.47 Å². The van der Waals surface area contributed by atoms with Gasteiger partial charge in [-0.2, -0.15) is 0 Å². The smallest absolute Gasteiger partial charge is 0.347 e. The Morgan fingerprint density at radius 2 is 2.06 bits per heavy atom. The molecule has 17 heavy (non-hydrogen) atoms. The molecule has 0 aliphatic carbocycles. The van der Waals surface area contributed by atoms with Crippen LogP contribution in [0, 0.1) is 0 Å². The molecule has 0 aliphatic rings. The molecular weight excluding hydrogens is 240 g/mol. The number of rotatable bonds is 6. The normalized spacial score (nSPS) is 11.9. The number of hydrogen-bond acceptors (Lipinski definition) is 3. The van der Waals surface area contributed by atoms with Crippen LogP contribution in [0.25, 0.3) is 0 Å². The summed E-state index contributed by atoms with van der Waals surface area (Å²) in [6, 6.07) is 7.10. The second-order valence-electron chi connectivity index (χ2n) is 3.58. The van der Waals surface area contributed by atoms with Crippen molar-refractivity contribution in [2.45, 2.75) is 32.8 Å². The predicted molar refractivity (Wildman–Crippen MR) is 67.4 cm³/mol. The van der Waals surface area contributed by atoms with Gasteiger partial charge in [-0.1, -0.05) is 37.1 Å². The van der Waals surface area contributed by atoms with Crippen LogP contribution in [0.15, 0.2) is 24.3 Å². The first-order valence-corrected chi connectivity index (χ1v) is 6.14. The van der Waals surface area contributed by atoms with Crippen molar-refractivity contribution < 1.29 is 14.3 Å². The van der Waals surface area contributed by atoms with Crippen molar-refractivity contribution in [2.75, 3.05) is 6.61 Å². The fourth-order valence-electron chi connectivity index (χ4n) is 1.42. The summed E-state index contributed by atoms with van der Waals surface area (Å²) in [7, 11) is 0. The average molecular weight is 257 g/mol. The van der Waals surface area contributed by atoms with E-state index < -0.39 is 6.10 Å². The lowest BCUT2D eigenvalue weighted by molar-refractivity contribution is -0.151. The number of halogens is 1. The third-order valence-electron chi connectivity index (χ3n) is 2.21. The van der Waals surface area contributed by atoms with Crippen molar-refractivity contribution >= 4 is 17.6 Å². The Kier molecular flexibility index (Phi) is 5.84. The van der Waals surface area contributed by atoms with Crippen LogP contribution in [0.5, 0.6) is 5.75 Å². The molecule has 1 aromatic carbocycles. The number of benzene rings is 1. The minimum Gasteiger partial charge on any atom is -0.477 e. The summed E-state index contributed by atoms with van der Waals surface area (Å²) >= 11 is 5.97. The number of para-hydroxylation sites is 1. The minimum absolute atomic E-state index is 0.339. The van der Waals surface area contributed by atoms with Gasteiger partial charge in [-0.05, 0) is 25.5 Å². The van der Waals surface area contributed by atoms with Crippen LogP contribution in [0.1, 0.15) is 26.7 Å². The van der Waals surface area contributed by atoms with Gasteiger partial charge in [0.25, 0.3) is 0 Å². The van der Waals surface area contributed by atoms with E-state index >= 15 is 0 Å². The first-order valence-electron chi connectivity index (χ1n) is 5.76. The molecule has 0 aromatic heterocycles. The van der Waals surface area contributed by atoms with Gasteiger partial charge in [0.2, 0.25) is 0 Å². The molecule has 1 aromatic rings. The molecule has 0 saturated heterocycles. The highest BCUT2D eigenvalue weighted by Crippen LogP contribution is 2.25. The maximum absolute atomic E-state index is 11.7. The van der Waals surface area contributed by atoms with Crippen LogP contribution in [0.3, 0.4) is 0 Å². The zero-order valence-corrected chi connectivity index (χ0v) is 10.9. The third kappa shape index (κ3) is 4.27. The molecule has 0 aliphatic heterocycles. The summed E-state index contributed by atoms with van der Waals surface area (Å²) in [6.45, 7) is 4.11. The van der Waals surface area contributed by atoms with Crippen LogP contribution in [0.4, 0.5) is 0 Å². The summed E-state index contributed by atoms with van der Waals surface area (Å²) in [5, 5.41) is 0.498. The molecule has 0 spiro atoms. The van der Waals surface area contributed by atoms with Crippen molar-refractivity contribution in [3.05, 3.63) is 29.3 Å². The fourth-order valence-corrected chi connectivity index (χ4v) is 1.60. The van der Waals surface area contributed by atoms with E-state index in [2.05, 4.69) is 0 Å². The number of carbonyl (C=O) groups is 1. The first-order chi connectivity index (χ1) is 8.19. The highest BCUT2D eigenvalue weighted by atomic mass is 35.5. The molecule has 1 atom stereocenters. The van der Waals surface area contributed by atoms with Crippen molar-refractivity contribution in [3.63, 3.8) is 0 Å². The summed E-state index contributed by atoms with van der Waals surface area (Å²) < 4.78 is 10.6. The van der Waals surface area contributed by atoms with Crippen LogP contribution < -0.4 is 4.74 Å². The molecule has 0 amide bonds. The zero-order chi connectivity index (χ0) is 12.7. The molecule has 0 bridgehead atoms. The van der Waals surface area contributed by atoms with Crippen molar-refractivity contribution in [1.29, 1.82) is 0 Å². The predicted octanol–water partition coefficient (Wildman–Crippen LogP) is 3.45. The quantitative estimate of drug-likeness (QED) is 0.732. The number of hydrogen-bond donors (Lipinski definition) is 0. The molecule has 3 nitrogen and oxygen atoms in total. The number of ether oxygens (including phenoxy) is 2. The summed E-state index contributed by atoms with van der Waals surface area (Å²) in [5.41, 5.74) is 0. The maximum Gasteiger partial charge on any atom is 0.347 e. The second kappa shape index (κ2) is 7.17. The van der Waals surface area contributed by atoms with E-state index in [4.69, 9.17) is 21.1 Å². The Hall–Kier alpha value is -1.22. The molecule has 1 rings (SSSR count). The van der Waals surface area contributed by atoms with E-state index in [0.29, 0.717) is 23.8 Å². The molecular formula is C13H17ClO3. The van der Waals surface area contributed by atoms with Crippen LogP contribution >= 0.6 is 11.6 Å². The molecule has 0 fully saturated rings. The monoisotopic (exact) mass is 256 g/mol. The number of esters is 1. The van der Waals surface area contributed by atoms with Crippen molar-refractivity contribution in [3.8, 4) is 5.75 Å². The Labute approximate surface area is 107 Å². The van der Waals surface area contributed by atoms with Gasteiger partial charge in [0.15, 0.2) is 6.10 Å².